The highest BCUT2D eigenvalue weighted by Gasteiger charge is 2.32. The smallest absolute Gasteiger partial charge is 0.244 e. The molecule has 0 radical (unpaired) electrons. The highest BCUT2D eigenvalue weighted by atomic mass is 16.2. The van der Waals surface area contributed by atoms with Gasteiger partial charge in [-0.15, -0.1) is 0 Å². The molecule has 1 aromatic rings. The molecule has 0 aliphatic carbocycles. The monoisotopic (exact) mass is 332 g/mol. The van der Waals surface area contributed by atoms with Crippen molar-refractivity contribution in [3.63, 3.8) is 0 Å². The van der Waals surface area contributed by atoms with E-state index >= 15 is 0 Å². The number of rotatable bonds is 6. The number of amides is 3. The minimum Gasteiger partial charge on any atom is -0.355 e. The number of hydrogen-bond donors (Lipinski definition) is 2. The molecule has 1 heterocycles. The zero-order valence-corrected chi connectivity index (χ0v) is 14.3. The first-order chi connectivity index (χ1) is 11.5. The summed E-state index contributed by atoms with van der Waals surface area (Å²) in [4.78, 5) is 39.9. The first-order valence-corrected chi connectivity index (χ1v) is 8.18. The van der Waals surface area contributed by atoms with Crippen LogP contribution < -0.4 is 15.5 Å². The fourth-order valence-electron chi connectivity index (χ4n) is 2.77. The molecule has 2 rings (SSSR count). The van der Waals surface area contributed by atoms with Gasteiger partial charge in [0.15, 0.2) is 0 Å². The van der Waals surface area contributed by atoms with Gasteiger partial charge >= 0.3 is 0 Å². The molecular formula is C17H24N4O3. The summed E-state index contributed by atoms with van der Waals surface area (Å²) < 4.78 is 0. The highest BCUT2D eigenvalue weighted by molar-refractivity contribution is 6.11. The van der Waals surface area contributed by atoms with Crippen molar-refractivity contribution in [2.45, 2.75) is 26.8 Å². The van der Waals surface area contributed by atoms with E-state index in [2.05, 4.69) is 10.6 Å². The fourth-order valence-corrected chi connectivity index (χ4v) is 2.77. The van der Waals surface area contributed by atoms with Crippen LogP contribution in [0.25, 0.3) is 0 Å². The zero-order chi connectivity index (χ0) is 17.7. The largest absolute Gasteiger partial charge is 0.355 e. The van der Waals surface area contributed by atoms with Gasteiger partial charge in [0.2, 0.25) is 17.7 Å². The summed E-state index contributed by atoms with van der Waals surface area (Å²) in [6.07, 6.45) is 0. The number of anilines is 2. The van der Waals surface area contributed by atoms with Crippen LogP contribution in [0, 0.1) is 0 Å². The Morgan fingerprint density at radius 3 is 2.71 bits per heavy atom. The van der Waals surface area contributed by atoms with E-state index in [9.17, 15) is 14.4 Å². The Balaban J connectivity index is 2.17. The van der Waals surface area contributed by atoms with Gasteiger partial charge in [0, 0.05) is 6.54 Å². The highest BCUT2D eigenvalue weighted by Crippen LogP contribution is 2.29. The topological polar surface area (TPSA) is 81.8 Å². The van der Waals surface area contributed by atoms with Gasteiger partial charge in [0.1, 0.15) is 6.54 Å². The average Bonchev–Trinajstić information content (AvgIpc) is 2.57. The maximum absolute atomic E-state index is 12.9. The van der Waals surface area contributed by atoms with Crippen molar-refractivity contribution >= 4 is 29.1 Å². The van der Waals surface area contributed by atoms with Crippen LogP contribution in [0.5, 0.6) is 0 Å². The lowest BCUT2D eigenvalue weighted by atomic mass is 10.1. The molecule has 0 unspecified atom stereocenters. The molecule has 7 nitrogen and oxygen atoms in total. The Labute approximate surface area is 142 Å². The molecular weight excluding hydrogens is 308 g/mol. The number of carbonyl (C=O) groups is 3. The second-order valence-corrected chi connectivity index (χ2v) is 5.68. The van der Waals surface area contributed by atoms with Crippen molar-refractivity contribution < 1.29 is 14.4 Å². The molecule has 0 fully saturated rings. The molecule has 1 aromatic carbocycles. The van der Waals surface area contributed by atoms with E-state index in [1.165, 1.54) is 4.90 Å². The molecule has 2 N–H and O–H groups in total. The minimum absolute atomic E-state index is 0.0150. The molecule has 0 aromatic heterocycles. The zero-order valence-electron chi connectivity index (χ0n) is 14.3. The van der Waals surface area contributed by atoms with Crippen LogP contribution >= 0.6 is 0 Å². The Hall–Kier alpha value is -2.41. The summed E-state index contributed by atoms with van der Waals surface area (Å²) in [5.74, 6) is -0.528. The lowest BCUT2D eigenvalue weighted by molar-refractivity contribution is -0.128. The number of nitrogens with one attached hydrogen (secondary N) is 2. The van der Waals surface area contributed by atoms with Gasteiger partial charge in [-0.3, -0.25) is 24.2 Å². The average molecular weight is 332 g/mol. The van der Waals surface area contributed by atoms with E-state index < -0.39 is 6.04 Å². The molecule has 1 atom stereocenters. The van der Waals surface area contributed by atoms with Crippen molar-refractivity contribution in [1.82, 2.24) is 10.2 Å². The summed E-state index contributed by atoms with van der Waals surface area (Å²) in [7, 11) is 0. The van der Waals surface area contributed by atoms with Crippen molar-refractivity contribution in [2.24, 2.45) is 0 Å². The van der Waals surface area contributed by atoms with E-state index in [-0.39, 0.29) is 30.8 Å². The Morgan fingerprint density at radius 2 is 2.04 bits per heavy atom. The normalized spacial score (nSPS) is 14.8. The summed E-state index contributed by atoms with van der Waals surface area (Å²) in [6.45, 7) is 6.77. The van der Waals surface area contributed by atoms with E-state index in [1.807, 2.05) is 26.0 Å². The van der Waals surface area contributed by atoms with E-state index in [0.29, 0.717) is 24.5 Å². The Bertz CT molecular complexity index is 632. The second kappa shape index (κ2) is 7.92. The van der Waals surface area contributed by atoms with Crippen LogP contribution in [-0.2, 0) is 14.4 Å². The minimum atomic E-state index is -0.503. The van der Waals surface area contributed by atoms with E-state index in [1.54, 1.807) is 24.0 Å². The molecule has 0 saturated heterocycles. The maximum atomic E-state index is 12.9. The molecule has 0 bridgehead atoms. The van der Waals surface area contributed by atoms with E-state index in [0.717, 1.165) is 0 Å². The number of likely N-dealkylation sites (N-methyl/N-ethyl adjacent to an activating group) is 2. The summed E-state index contributed by atoms with van der Waals surface area (Å²) >= 11 is 0. The molecule has 3 amide bonds. The molecule has 1 aliphatic heterocycles. The first-order valence-electron chi connectivity index (χ1n) is 8.18. The SMILES string of the molecule is CCNC(=O)CN(CC)[C@H](C)C(=O)N1CC(=O)Nc2ccccc21. The number of fused-ring (bicyclic) bond motifs is 1. The van der Waals surface area contributed by atoms with Gasteiger partial charge in [-0.2, -0.15) is 0 Å². The van der Waals surface area contributed by atoms with Gasteiger partial charge in [0.05, 0.1) is 24.0 Å². The van der Waals surface area contributed by atoms with Crippen molar-refractivity contribution in [2.75, 3.05) is 36.4 Å². The van der Waals surface area contributed by atoms with Crippen molar-refractivity contribution in [3.05, 3.63) is 24.3 Å². The van der Waals surface area contributed by atoms with Gasteiger partial charge in [-0.05, 0) is 32.5 Å². The van der Waals surface area contributed by atoms with Crippen LogP contribution in [0.4, 0.5) is 11.4 Å². The molecule has 7 heteroatoms. The van der Waals surface area contributed by atoms with Crippen molar-refractivity contribution in [1.29, 1.82) is 0 Å². The van der Waals surface area contributed by atoms with Crippen LogP contribution in [-0.4, -0.2) is 54.8 Å². The predicted molar refractivity (Wildman–Crippen MR) is 92.8 cm³/mol. The standard InChI is InChI=1S/C17H24N4O3/c1-4-18-15(22)10-20(5-2)12(3)17(24)21-11-16(23)19-13-8-6-7-9-14(13)21/h6-9,12H,4-5,10-11H2,1-3H3,(H,18,22)(H,19,23)/t12-/m1/s1. The first kappa shape index (κ1) is 17.9. The molecule has 24 heavy (non-hydrogen) atoms. The predicted octanol–water partition coefficient (Wildman–Crippen LogP) is 0.818. The summed E-state index contributed by atoms with van der Waals surface area (Å²) in [5.41, 5.74) is 1.31. The maximum Gasteiger partial charge on any atom is 0.244 e. The number of nitrogens with zero attached hydrogens (tertiary/aromatic N) is 2. The second-order valence-electron chi connectivity index (χ2n) is 5.68. The number of para-hydroxylation sites is 2. The van der Waals surface area contributed by atoms with E-state index in [4.69, 9.17) is 0 Å². The third-order valence-corrected chi connectivity index (χ3v) is 4.07. The van der Waals surface area contributed by atoms with Crippen LogP contribution in [0.15, 0.2) is 24.3 Å². The number of benzene rings is 1. The molecule has 1 aliphatic rings. The lowest BCUT2D eigenvalue weighted by Gasteiger charge is -2.34. The van der Waals surface area contributed by atoms with Gasteiger partial charge < -0.3 is 10.6 Å². The van der Waals surface area contributed by atoms with Gasteiger partial charge in [-0.1, -0.05) is 19.1 Å². The Kier molecular flexibility index (Phi) is 5.92. The third kappa shape index (κ3) is 3.91. The summed E-state index contributed by atoms with van der Waals surface area (Å²) in [5, 5.41) is 5.50. The van der Waals surface area contributed by atoms with Crippen LogP contribution in [0.3, 0.4) is 0 Å². The van der Waals surface area contributed by atoms with Crippen LogP contribution in [0.2, 0.25) is 0 Å². The van der Waals surface area contributed by atoms with Crippen molar-refractivity contribution in [3.8, 4) is 0 Å². The van der Waals surface area contributed by atoms with Crippen LogP contribution in [0.1, 0.15) is 20.8 Å². The van der Waals surface area contributed by atoms with Gasteiger partial charge in [0.25, 0.3) is 0 Å². The molecule has 130 valence electrons. The number of hydrogen-bond acceptors (Lipinski definition) is 4. The number of carbonyl (C=O) groups excluding carboxylic acids is 3. The Morgan fingerprint density at radius 1 is 1.33 bits per heavy atom. The fraction of sp³-hybridized carbons (Fsp3) is 0.471. The molecule has 0 spiro atoms. The summed E-state index contributed by atoms with van der Waals surface area (Å²) in [6, 6.07) is 6.71. The lowest BCUT2D eigenvalue weighted by Crippen LogP contribution is -2.53. The molecule has 0 saturated carbocycles. The quantitative estimate of drug-likeness (QED) is 0.808. The van der Waals surface area contributed by atoms with Gasteiger partial charge in [-0.25, -0.2) is 0 Å². The third-order valence-electron chi connectivity index (χ3n) is 4.07.